The molecular formula is C26H21N5O3. The monoisotopic (exact) mass is 451 g/mol. The molecule has 2 aromatic heterocycles. The first-order valence-electron chi connectivity index (χ1n) is 10.9. The number of nitrogens with zero attached hydrogens (tertiary/aromatic N) is 4. The van der Waals surface area contributed by atoms with Gasteiger partial charge in [0.1, 0.15) is 24.2 Å². The van der Waals surface area contributed by atoms with Crippen LogP contribution in [0.2, 0.25) is 0 Å². The topological polar surface area (TPSA) is 91.2 Å². The van der Waals surface area contributed by atoms with Crippen LogP contribution in [-0.2, 0) is 4.74 Å². The predicted octanol–water partition coefficient (Wildman–Crippen LogP) is 4.33. The largest absolute Gasteiger partial charge is 0.480 e. The third-order valence-corrected chi connectivity index (χ3v) is 6.20. The van der Waals surface area contributed by atoms with Crippen molar-refractivity contribution in [2.45, 2.75) is 19.1 Å². The number of benzene rings is 2. The summed E-state index contributed by atoms with van der Waals surface area (Å²) in [7, 11) is 1.37. The predicted molar refractivity (Wildman–Crippen MR) is 125 cm³/mol. The minimum Gasteiger partial charge on any atom is -0.480 e. The van der Waals surface area contributed by atoms with E-state index in [0.717, 1.165) is 39.3 Å². The first kappa shape index (κ1) is 20.2. The molecular weight excluding hydrogens is 430 g/mol. The van der Waals surface area contributed by atoms with Crippen LogP contribution >= 0.6 is 0 Å². The highest BCUT2D eigenvalue weighted by Crippen LogP contribution is 2.50. The number of hydrogen-bond donors (Lipinski definition) is 1. The summed E-state index contributed by atoms with van der Waals surface area (Å²) in [6.07, 6.45) is 4.71. The molecule has 8 nitrogen and oxygen atoms in total. The number of carbonyl (C=O) groups excluding carboxylic acids is 1. The fourth-order valence-electron chi connectivity index (χ4n) is 4.63. The second-order valence-corrected chi connectivity index (χ2v) is 8.28. The van der Waals surface area contributed by atoms with E-state index in [1.165, 1.54) is 7.11 Å². The Balaban J connectivity index is 1.57. The number of ether oxygens (including phenoxy) is 2. The zero-order valence-corrected chi connectivity index (χ0v) is 18.6. The summed E-state index contributed by atoms with van der Waals surface area (Å²) < 4.78 is 13.3. The third kappa shape index (κ3) is 3.14. The van der Waals surface area contributed by atoms with Gasteiger partial charge in [0.15, 0.2) is 0 Å². The number of fused-ring (bicyclic) bond motifs is 3. The van der Waals surface area contributed by atoms with Gasteiger partial charge in [-0.3, -0.25) is 4.98 Å². The normalized spacial score (nSPS) is 18.2. The smallest absolute Gasteiger partial charge is 0.337 e. The lowest BCUT2D eigenvalue weighted by molar-refractivity contribution is 0.0600. The number of aryl methyl sites for hydroxylation is 1. The zero-order chi connectivity index (χ0) is 23.2. The van der Waals surface area contributed by atoms with E-state index in [9.17, 15) is 4.79 Å². The van der Waals surface area contributed by atoms with Crippen molar-refractivity contribution in [1.29, 1.82) is 0 Å². The van der Waals surface area contributed by atoms with Crippen molar-refractivity contribution < 1.29 is 14.3 Å². The van der Waals surface area contributed by atoms with Crippen LogP contribution in [0.25, 0.3) is 5.70 Å². The second-order valence-electron chi connectivity index (χ2n) is 8.28. The molecule has 4 heterocycles. The van der Waals surface area contributed by atoms with Crippen LogP contribution < -0.4 is 10.1 Å². The number of aromatic nitrogens is 4. The molecule has 0 aliphatic carbocycles. The molecule has 0 saturated heterocycles. The third-order valence-electron chi connectivity index (χ3n) is 6.20. The Bertz CT molecular complexity index is 1430. The molecule has 0 bridgehead atoms. The molecule has 0 amide bonds. The standard InChI is InChI=1S/C26H21N5O3/c1-15-5-10-20-19(12-15)22-21(24(34-20)16-6-8-17(9-7-16)25(32)33-2)23(18-4-3-11-27-13-18)31-26(30-22)28-14-29-31/h3-14,23-24H,1-2H3,(H,28,29,30)/t23-,24+/m0/s1. The number of rotatable bonds is 3. The minimum absolute atomic E-state index is 0.276. The van der Waals surface area contributed by atoms with E-state index in [1.807, 2.05) is 47.3 Å². The van der Waals surface area contributed by atoms with Crippen molar-refractivity contribution in [2.24, 2.45) is 0 Å². The van der Waals surface area contributed by atoms with E-state index in [2.05, 4.69) is 33.4 Å². The van der Waals surface area contributed by atoms with Crippen LogP contribution in [0.15, 0.2) is 78.9 Å². The highest BCUT2D eigenvalue weighted by Gasteiger charge is 2.41. The number of nitrogens with one attached hydrogen (secondary N) is 1. The zero-order valence-electron chi connectivity index (χ0n) is 18.6. The first-order chi connectivity index (χ1) is 16.6. The quantitative estimate of drug-likeness (QED) is 0.464. The van der Waals surface area contributed by atoms with E-state index < -0.39 is 6.10 Å². The average molecular weight is 451 g/mol. The van der Waals surface area contributed by atoms with Crippen LogP contribution in [0, 0.1) is 6.92 Å². The number of methoxy groups -OCH3 is 1. The van der Waals surface area contributed by atoms with Crippen molar-refractivity contribution in [1.82, 2.24) is 19.7 Å². The molecule has 4 aromatic rings. The van der Waals surface area contributed by atoms with Crippen molar-refractivity contribution in [2.75, 3.05) is 12.4 Å². The SMILES string of the molecule is COC(=O)c1ccc([C@H]2Oc3ccc(C)cc3C3=C2[C@H](c2cccnc2)n2ncnc2N3)cc1. The van der Waals surface area contributed by atoms with Crippen LogP contribution in [0.5, 0.6) is 5.75 Å². The van der Waals surface area contributed by atoms with E-state index in [0.29, 0.717) is 11.5 Å². The van der Waals surface area contributed by atoms with Gasteiger partial charge in [-0.05, 0) is 48.4 Å². The van der Waals surface area contributed by atoms with Crippen molar-refractivity contribution in [3.8, 4) is 5.75 Å². The first-order valence-corrected chi connectivity index (χ1v) is 10.9. The Labute approximate surface area is 195 Å². The fourth-order valence-corrected chi connectivity index (χ4v) is 4.63. The average Bonchev–Trinajstić information content (AvgIpc) is 3.35. The molecule has 34 heavy (non-hydrogen) atoms. The lowest BCUT2D eigenvalue weighted by Crippen LogP contribution is -2.32. The number of hydrogen-bond acceptors (Lipinski definition) is 7. The highest BCUT2D eigenvalue weighted by atomic mass is 16.5. The number of pyridine rings is 1. The molecule has 2 aromatic carbocycles. The van der Waals surface area contributed by atoms with Crippen LogP contribution in [0.1, 0.15) is 44.8 Å². The number of anilines is 1. The Morgan fingerprint density at radius 3 is 2.74 bits per heavy atom. The molecule has 0 spiro atoms. The van der Waals surface area contributed by atoms with Crippen LogP contribution in [0.4, 0.5) is 5.95 Å². The fraction of sp³-hybridized carbons (Fsp3) is 0.154. The summed E-state index contributed by atoms with van der Waals surface area (Å²) in [6.45, 7) is 2.06. The van der Waals surface area contributed by atoms with E-state index in [4.69, 9.17) is 9.47 Å². The summed E-state index contributed by atoms with van der Waals surface area (Å²) in [4.78, 5) is 20.8. The second kappa shape index (κ2) is 7.84. The van der Waals surface area contributed by atoms with Crippen molar-refractivity contribution in [3.63, 3.8) is 0 Å². The van der Waals surface area contributed by atoms with Gasteiger partial charge >= 0.3 is 5.97 Å². The van der Waals surface area contributed by atoms with E-state index in [1.54, 1.807) is 24.7 Å². The summed E-state index contributed by atoms with van der Waals surface area (Å²) in [5, 5.41) is 8.02. The van der Waals surface area contributed by atoms with E-state index in [-0.39, 0.29) is 12.0 Å². The Kier molecular flexibility index (Phi) is 4.65. The molecule has 0 radical (unpaired) electrons. The number of carbonyl (C=O) groups is 1. The maximum Gasteiger partial charge on any atom is 0.337 e. The summed E-state index contributed by atoms with van der Waals surface area (Å²) in [6, 6.07) is 17.1. The highest BCUT2D eigenvalue weighted by molar-refractivity contribution is 5.89. The number of esters is 1. The van der Waals surface area contributed by atoms with Gasteiger partial charge in [-0.1, -0.05) is 29.8 Å². The van der Waals surface area contributed by atoms with Crippen LogP contribution in [0.3, 0.4) is 0 Å². The summed E-state index contributed by atoms with van der Waals surface area (Å²) in [5.74, 6) is 1.05. The van der Waals surface area contributed by atoms with E-state index >= 15 is 0 Å². The molecule has 1 N–H and O–H groups in total. The van der Waals surface area contributed by atoms with Gasteiger partial charge < -0.3 is 14.8 Å². The maximum atomic E-state index is 12.0. The lowest BCUT2D eigenvalue weighted by atomic mass is 9.84. The molecule has 168 valence electrons. The molecule has 0 unspecified atom stereocenters. The Morgan fingerprint density at radius 2 is 1.97 bits per heavy atom. The van der Waals surface area contributed by atoms with Gasteiger partial charge in [-0.15, -0.1) is 0 Å². The Hall–Kier alpha value is -4.46. The summed E-state index contributed by atoms with van der Waals surface area (Å²) in [5.41, 5.74) is 6.40. The molecule has 0 fully saturated rings. The van der Waals surface area contributed by atoms with Gasteiger partial charge in [0.05, 0.1) is 18.4 Å². The van der Waals surface area contributed by atoms with Crippen LogP contribution in [-0.4, -0.2) is 32.8 Å². The van der Waals surface area contributed by atoms with Gasteiger partial charge in [-0.25, -0.2) is 9.48 Å². The maximum absolute atomic E-state index is 12.0. The summed E-state index contributed by atoms with van der Waals surface area (Å²) >= 11 is 0. The minimum atomic E-state index is -0.424. The van der Waals surface area contributed by atoms with Crippen molar-refractivity contribution in [3.05, 3.63) is 107 Å². The van der Waals surface area contributed by atoms with Gasteiger partial charge in [0, 0.05) is 23.5 Å². The molecule has 2 aliphatic heterocycles. The van der Waals surface area contributed by atoms with Gasteiger partial charge in [0.2, 0.25) is 5.95 Å². The molecule has 8 heteroatoms. The molecule has 0 saturated carbocycles. The van der Waals surface area contributed by atoms with Gasteiger partial charge in [-0.2, -0.15) is 10.1 Å². The molecule has 2 atom stereocenters. The molecule has 2 aliphatic rings. The lowest BCUT2D eigenvalue weighted by Gasteiger charge is -2.39. The van der Waals surface area contributed by atoms with Crippen molar-refractivity contribution >= 4 is 17.6 Å². The molecule has 6 rings (SSSR count). The Morgan fingerprint density at radius 1 is 1.12 bits per heavy atom. The van der Waals surface area contributed by atoms with Gasteiger partial charge in [0.25, 0.3) is 0 Å².